The van der Waals surface area contributed by atoms with Crippen molar-refractivity contribution in [1.82, 2.24) is 15.2 Å². The molecule has 3 amide bonds. The van der Waals surface area contributed by atoms with Crippen LogP contribution in [0.25, 0.3) is 11.3 Å². The molecule has 6 unspecified atom stereocenters. The molecule has 1 aromatic carbocycles. The molecule has 2 aliphatic rings. The molecule has 6 atom stereocenters. The highest BCUT2D eigenvalue weighted by molar-refractivity contribution is 7.10. The molecule has 324 valence electrons. The third kappa shape index (κ3) is 12.4. The Kier molecular flexibility index (Phi) is 16.4. The monoisotopic (exact) mass is 834 g/mol. The highest BCUT2D eigenvalue weighted by Gasteiger charge is 2.48. The van der Waals surface area contributed by atoms with Gasteiger partial charge in [-0.15, -0.1) is 11.3 Å². The molecule has 4 rings (SSSR count). The van der Waals surface area contributed by atoms with E-state index in [-0.39, 0.29) is 24.3 Å². The first-order valence-electron chi connectivity index (χ1n) is 20.9. The molecule has 0 spiro atoms. The first-order chi connectivity index (χ1) is 27.8. The average Bonchev–Trinajstić information content (AvgIpc) is 3.64. The van der Waals surface area contributed by atoms with Gasteiger partial charge in [0.2, 0.25) is 11.8 Å². The van der Waals surface area contributed by atoms with Gasteiger partial charge in [0.05, 0.1) is 25.3 Å². The van der Waals surface area contributed by atoms with Crippen molar-refractivity contribution >= 4 is 46.5 Å². The number of hydrogen-bond donors (Lipinski definition) is 3. The van der Waals surface area contributed by atoms with Crippen LogP contribution in [0, 0.1) is 31.6 Å². The van der Waals surface area contributed by atoms with Crippen molar-refractivity contribution in [3.63, 3.8) is 0 Å². The van der Waals surface area contributed by atoms with Crippen molar-refractivity contribution in [2.24, 2.45) is 23.5 Å². The number of nitrogens with one attached hydrogen (secondary N) is 1. The number of allylic oxidation sites excluding steroid dienone is 5. The maximum absolute atomic E-state index is 14.6. The predicted octanol–water partition coefficient (Wildman–Crippen LogP) is 8.95. The number of methoxy groups -OCH3 is 1. The minimum atomic E-state index is -0.988. The van der Waals surface area contributed by atoms with Crippen molar-refractivity contribution in [3.8, 4) is 5.75 Å². The van der Waals surface area contributed by atoms with Gasteiger partial charge >= 0.3 is 12.1 Å². The van der Waals surface area contributed by atoms with Crippen LogP contribution in [0.1, 0.15) is 134 Å². The fraction of sp³-hybridized carbons (Fsp3) is 0.587. The molecule has 0 radical (unpaired) electrons. The largest absolute Gasteiger partial charge is 0.496 e. The summed E-state index contributed by atoms with van der Waals surface area (Å²) in [6.45, 7) is 19.6. The van der Waals surface area contributed by atoms with Crippen molar-refractivity contribution < 1.29 is 38.5 Å². The number of primary amides is 1. The molecule has 12 nitrogen and oxygen atoms in total. The minimum absolute atomic E-state index is 0.0650. The molecule has 1 aliphatic heterocycles. The molecular formula is C46H66N4O8S. The lowest BCUT2D eigenvalue weighted by Crippen LogP contribution is -2.54. The molecule has 2 aromatic rings. The number of nitrogens with zero attached hydrogens (tertiary/aromatic N) is 2. The van der Waals surface area contributed by atoms with Gasteiger partial charge in [-0.05, 0) is 115 Å². The Bertz CT molecular complexity index is 1920. The number of carbonyl (C=O) groups is 4. The zero-order valence-electron chi connectivity index (χ0n) is 36.8. The van der Waals surface area contributed by atoms with Gasteiger partial charge in [0.15, 0.2) is 0 Å². The number of aliphatic carboxylic acids is 1. The minimum Gasteiger partial charge on any atom is -0.496 e. The van der Waals surface area contributed by atoms with Crippen LogP contribution in [0.3, 0.4) is 0 Å². The number of ether oxygens (including phenoxy) is 3. The summed E-state index contributed by atoms with van der Waals surface area (Å²) in [7, 11) is 1.64. The summed E-state index contributed by atoms with van der Waals surface area (Å²) < 4.78 is 18.2. The van der Waals surface area contributed by atoms with Gasteiger partial charge in [-0.2, -0.15) is 0 Å². The van der Waals surface area contributed by atoms with Gasteiger partial charge in [-0.25, -0.2) is 9.78 Å². The molecule has 0 bridgehead atoms. The Morgan fingerprint density at radius 2 is 1.83 bits per heavy atom. The van der Waals surface area contributed by atoms with Crippen LogP contribution in [0.2, 0.25) is 0 Å². The van der Waals surface area contributed by atoms with Gasteiger partial charge in [0, 0.05) is 22.4 Å². The summed E-state index contributed by atoms with van der Waals surface area (Å²) in [6, 6.07) is 1.92. The third-order valence-electron chi connectivity index (χ3n) is 11.4. The van der Waals surface area contributed by atoms with Gasteiger partial charge in [0.25, 0.3) is 0 Å². The van der Waals surface area contributed by atoms with Crippen LogP contribution >= 0.6 is 11.3 Å². The number of carboxylic acid groups (broad SMARTS) is 1. The second-order valence-corrected chi connectivity index (χ2v) is 18.2. The molecule has 59 heavy (non-hydrogen) atoms. The van der Waals surface area contributed by atoms with E-state index in [1.165, 1.54) is 4.90 Å². The van der Waals surface area contributed by atoms with Gasteiger partial charge in [-0.1, -0.05) is 58.3 Å². The fourth-order valence-electron chi connectivity index (χ4n) is 7.41. The van der Waals surface area contributed by atoms with Crippen LogP contribution in [0.15, 0.2) is 41.3 Å². The molecule has 1 saturated heterocycles. The van der Waals surface area contributed by atoms with Gasteiger partial charge in [0.1, 0.15) is 40.3 Å². The van der Waals surface area contributed by atoms with E-state index in [0.29, 0.717) is 25.0 Å². The Balaban J connectivity index is 1.64. The lowest BCUT2D eigenvalue weighted by Gasteiger charge is -2.29. The Hall–Kier alpha value is -4.65. The highest BCUT2D eigenvalue weighted by atomic mass is 32.1. The lowest BCUT2D eigenvalue weighted by atomic mass is 9.97. The Morgan fingerprint density at radius 3 is 2.41 bits per heavy atom. The molecule has 4 N–H and O–H groups in total. The Labute approximate surface area is 354 Å². The fourth-order valence-corrected chi connectivity index (χ4v) is 8.48. The first-order valence-corrected chi connectivity index (χ1v) is 21.8. The number of aromatic nitrogens is 1. The number of rotatable bonds is 19. The van der Waals surface area contributed by atoms with E-state index in [4.69, 9.17) is 30.0 Å². The number of unbranched alkanes of at least 4 members (excludes halogenated alkanes) is 3. The summed E-state index contributed by atoms with van der Waals surface area (Å²) in [5, 5.41) is 14.9. The average molecular weight is 835 g/mol. The number of hydrogen-bond acceptors (Lipinski definition) is 9. The predicted molar refractivity (Wildman–Crippen MR) is 233 cm³/mol. The smallest absolute Gasteiger partial charge is 0.408 e. The Morgan fingerprint density at radius 1 is 1.12 bits per heavy atom. The summed E-state index contributed by atoms with van der Waals surface area (Å²) in [5.41, 5.74) is 11.1. The maximum Gasteiger partial charge on any atom is 0.408 e. The number of carboxylic acids is 1. The summed E-state index contributed by atoms with van der Waals surface area (Å²) in [4.78, 5) is 58.5. The van der Waals surface area contributed by atoms with Crippen LogP contribution < -0.4 is 15.8 Å². The molecular weight excluding hydrogens is 769 g/mol. The number of nitrogens with two attached hydrogens (primary N) is 1. The van der Waals surface area contributed by atoms with Crippen LogP contribution in [-0.4, -0.2) is 76.3 Å². The van der Waals surface area contributed by atoms with E-state index in [1.807, 2.05) is 51.1 Å². The zero-order chi connectivity index (χ0) is 43.8. The topological polar surface area (TPSA) is 170 Å². The normalized spacial score (nSPS) is 21.7. The number of benzene rings is 1. The third-order valence-corrected chi connectivity index (χ3v) is 12.3. The van der Waals surface area contributed by atoms with Crippen LogP contribution in [0.5, 0.6) is 5.75 Å². The van der Waals surface area contributed by atoms with Gasteiger partial charge in [-0.3, -0.25) is 14.4 Å². The second-order valence-electron chi connectivity index (χ2n) is 17.3. The molecule has 2 heterocycles. The second kappa shape index (κ2) is 20.5. The summed E-state index contributed by atoms with van der Waals surface area (Å²) >= 11 is 1.59. The number of likely N-dealkylation sites (tertiary alicyclic amines) is 1. The van der Waals surface area contributed by atoms with E-state index in [0.717, 1.165) is 70.0 Å². The molecule has 1 aromatic heterocycles. The maximum atomic E-state index is 14.6. The van der Waals surface area contributed by atoms with Crippen molar-refractivity contribution in [1.29, 1.82) is 0 Å². The summed E-state index contributed by atoms with van der Waals surface area (Å²) in [6.07, 6.45) is 9.49. The zero-order valence-corrected chi connectivity index (χ0v) is 37.7. The van der Waals surface area contributed by atoms with Crippen molar-refractivity contribution in [3.05, 3.63) is 68.7 Å². The van der Waals surface area contributed by atoms with E-state index in [2.05, 4.69) is 38.4 Å². The van der Waals surface area contributed by atoms with Crippen molar-refractivity contribution in [2.45, 2.75) is 144 Å². The number of amides is 3. The van der Waals surface area contributed by atoms with Crippen LogP contribution in [0.4, 0.5) is 4.79 Å². The van der Waals surface area contributed by atoms with Gasteiger partial charge < -0.3 is 35.3 Å². The summed E-state index contributed by atoms with van der Waals surface area (Å²) in [5.74, 6) is -0.923. The quantitative estimate of drug-likeness (QED) is 0.0541. The lowest BCUT2D eigenvalue weighted by molar-refractivity contribution is -0.140. The van der Waals surface area contributed by atoms with E-state index in [1.54, 1.807) is 39.2 Å². The van der Waals surface area contributed by atoms with E-state index >= 15 is 0 Å². The van der Waals surface area contributed by atoms with Crippen LogP contribution in [-0.2, 0) is 23.9 Å². The molecule has 1 saturated carbocycles. The number of carbonyl (C=O) groups excluding carboxylic acids is 3. The molecule has 13 heteroatoms. The standard InChI is InChI=1S/C46H66N4O8S/c1-12-27(4)33(42-48-36(25-59-42)26(2)3)23-38(32-20-21-37(56-11)29(6)28(32)5)57-39-24-50(40(30(39)7)41(47)51)43(52)35(49-45(55)58-46(8,9)10)19-17-15-13-14-16-18-31-22-34(31)44(53)54/h16,18,20-21,23,25-26,30-31,34-35,39-40H,12-15,17,19,22,24H2,1-11H3,(H2,47,51)(H,49,55)(H,53,54). The number of thiazole rings is 1. The first kappa shape index (κ1) is 47.0. The molecule has 1 aliphatic carbocycles. The molecule has 2 fully saturated rings. The van der Waals surface area contributed by atoms with E-state index in [9.17, 15) is 19.2 Å². The highest BCUT2D eigenvalue weighted by Crippen LogP contribution is 2.40. The van der Waals surface area contributed by atoms with Crippen molar-refractivity contribution in [2.75, 3.05) is 13.7 Å². The number of alkyl carbamates (subject to hydrolysis) is 1. The van der Waals surface area contributed by atoms with E-state index < -0.39 is 53.6 Å². The SMILES string of the molecule is CCC(C)=C(C=C(OC1CN(C(=O)C(CCCCCC=CC2CC2C(=O)O)NC(=O)OC(C)(C)C)C(C(N)=O)C1C)c1ccc(OC)c(C)c1C)c1nc(C(C)C)cs1.